The van der Waals surface area contributed by atoms with Crippen LogP contribution in [0.2, 0.25) is 0 Å². The lowest BCUT2D eigenvalue weighted by Crippen LogP contribution is -2.41. The summed E-state index contributed by atoms with van der Waals surface area (Å²) >= 11 is 5.73. The molecule has 0 radical (unpaired) electrons. The molecule has 0 bridgehead atoms. The first-order valence-corrected chi connectivity index (χ1v) is 8.03. The monoisotopic (exact) mass is 290 g/mol. The third-order valence-electron chi connectivity index (χ3n) is 2.90. The lowest BCUT2D eigenvalue weighted by molar-refractivity contribution is 0.316. The fourth-order valence-corrected chi connectivity index (χ4v) is 3.93. The van der Waals surface area contributed by atoms with Gasteiger partial charge in [0, 0.05) is 30.9 Å². The van der Waals surface area contributed by atoms with Crippen LogP contribution in [0.15, 0.2) is 29.4 Å². The molecule has 0 atom stereocenters. The number of pyridine rings is 1. The van der Waals surface area contributed by atoms with Crippen LogP contribution >= 0.6 is 11.6 Å². The van der Waals surface area contributed by atoms with Crippen LogP contribution < -0.4 is 0 Å². The van der Waals surface area contributed by atoms with Crippen LogP contribution in [-0.4, -0.2) is 36.2 Å². The minimum Gasteiger partial charge on any atom is -0.263 e. The van der Waals surface area contributed by atoms with Crippen LogP contribution in [0.1, 0.15) is 26.7 Å². The lowest BCUT2D eigenvalue weighted by Gasteiger charge is -2.28. The Labute approximate surface area is 114 Å². The van der Waals surface area contributed by atoms with Gasteiger partial charge in [-0.25, -0.2) is 8.42 Å². The molecule has 0 unspecified atom stereocenters. The summed E-state index contributed by atoms with van der Waals surface area (Å²) in [7, 11) is -3.50. The summed E-state index contributed by atoms with van der Waals surface area (Å²) in [6.45, 7) is 4.29. The molecule has 0 saturated carbocycles. The normalized spacial score (nSPS) is 12.3. The zero-order valence-electron chi connectivity index (χ0n) is 10.7. The highest BCUT2D eigenvalue weighted by atomic mass is 35.5. The average molecular weight is 291 g/mol. The van der Waals surface area contributed by atoms with Crippen molar-refractivity contribution in [2.45, 2.75) is 37.6 Å². The second kappa shape index (κ2) is 7.07. The van der Waals surface area contributed by atoms with Crippen molar-refractivity contribution >= 4 is 21.6 Å². The van der Waals surface area contributed by atoms with Gasteiger partial charge < -0.3 is 0 Å². The second-order valence-electron chi connectivity index (χ2n) is 3.96. The molecule has 6 heteroatoms. The standard InChI is InChI=1S/C12H19ClN2O2S/c1-3-11(4-2)15(9-7-13)18(16,17)12-6-5-8-14-10-12/h5-6,8,10-11H,3-4,7,9H2,1-2H3. The molecule has 18 heavy (non-hydrogen) atoms. The first-order valence-electron chi connectivity index (χ1n) is 6.05. The largest absolute Gasteiger partial charge is 0.263 e. The maximum Gasteiger partial charge on any atom is 0.244 e. The van der Waals surface area contributed by atoms with Crippen LogP contribution in [0.4, 0.5) is 0 Å². The SMILES string of the molecule is CCC(CC)N(CCCl)S(=O)(=O)c1cccnc1. The Bertz CT molecular complexity index is 446. The van der Waals surface area contributed by atoms with Gasteiger partial charge in [0.25, 0.3) is 0 Å². The van der Waals surface area contributed by atoms with Crippen molar-refractivity contribution in [3.63, 3.8) is 0 Å². The molecular weight excluding hydrogens is 272 g/mol. The quantitative estimate of drug-likeness (QED) is 0.725. The van der Waals surface area contributed by atoms with Gasteiger partial charge in [-0.1, -0.05) is 13.8 Å². The molecule has 0 spiro atoms. The molecule has 102 valence electrons. The van der Waals surface area contributed by atoms with Crippen LogP contribution in [-0.2, 0) is 10.0 Å². The van der Waals surface area contributed by atoms with E-state index in [2.05, 4.69) is 4.98 Å². The van der Waals surface area contributed by atoms with E-state index in [1.165, 1.54) is 10.5 Å². The van der Waals surface area contributed by atoms with Crippen LogP contribution in [0.5, 0.6) is 0 Å². The first-order chi connectivity index (χ1) is 8.57. The molecule has 0 amide bonds. The summed E-state index contributed by atoms with van der Waals surface area (Å²) < 4.78 is 26.5. The van der Waals surface area contributed by atoms with E-state index in [1.807, 2.05) is 13.8 Å². The summed E-state index contributed by atoms with van der Waals surface area (Å²) in [5.74, 6) is 0.288. The van der Waals surface area contributed by atoms with Gasteiger partial charge in [0.2, 0.25) is 10.0 Å². The molecule has 0 aromatic carbocycles. The van der Waals surface area contributed by atoms with Gasteiger partial charge in [0.1, 0.15) is 4.90 Å². The fourth-order valence-electron chi connectivity index (χ4n) is 1.91. The predicted molar refractivity (Wildman–Crippen MR) is 73.2 cm³/mol. The van der Waals surface area contributed by atoms with Gasteiger partial charge in [-0.15, -0.1) is 11.6 Å². The van der Waals surface area contributed by atoms with Crippen molar-refractivity contribution in [3.8, 4) is 0 Å². The molecule has 1 aromatic heterocycles. The highest BCUT2D eigenvalue weighted by Gasteiger charge is 2.29. The van der Waals surface area contributed by atoms with Crippen molar-refractivity contribution in [2.24, 2.45) is 0 Å². The molecule has 0 saturated heterocycles. The van der Waals surface area contributed by atoms with E-state index in [9.17, 15) is 8.42 Å². The Morgan fingerprint density at radius 1 is 1.39 bits per heavy atom. The topological polar surface area (TPSA) is 50.3 Å². The van der Waals surface area contributed by atoms with E-state index in [0.29, 0.717) is 6.54 Å². The molecule has 0 fully saturated rings. The van der Waals surface area contributed by atoms with Gasteiger partial charge in [-0.05, 0) is 25.0 Å². The molecule has 1 aromatic rings. The molecule has 0 N–H and O–H groups in total. The number of nitrogens with zero attached hydrogens (tertiary/aromatic N) is 2. The number of sulfonamides is 1. The Morgan fingerprint density at radius 3 is 2.50 bits per heavy atom. The Morgan fingerprint density at radius 2 is 2.06 bits per heavy atom. The maximum atomic E-state index is 12.5. The van der Waals surface area contributed by atoms with Gasteiger partial charge >= 0.3 is 0 Å². The van der Waals surface area contributed by atoms with E-state index < -0.39 is 10.0 Å². The molecular formula is C12H19ClN2O2S. The zero-order valence-corrected chi connectivity index (χ0v) is 12.3. The highest BCUT2D eigenvalue weighted by molar-refractivity contribution is 7.89. The Balaban J connectivity index is 3.12. The predicted octanol–water partition coefficient (Wildman–Crippen LogP) is 2.50. The molecule has 4 nitrogen and oxygen atoms in total. The minimum atomic E-state index is -3.50. The van der Waals surface area contributed by atoms with Gasteiger partial charge in [-0.3, -0.25) is 4.98 Å². The van der Waals surface area contributed by atoms with E-state index in [-0.39, 0.29) is 16.8 Å². The van der Waals surface area contributed by atoms with Crippen molar-refractivity contribution in [2.75, 3.05) is 12.4 Å². The van der Waals surface area contributed by atoms with Crippen LogP contribution in [0.25, 0.3) is 0 Å². The number of alkyl halides is 1. The highest BCUT2D eigenvalue weighted by Crippen LogP contribution is 2.20. The number of rotatable bonds is 7. The van der Waals surface area contributed by atoms with Gasteiger partial charge in [0.05, 0.1) is 0 Å². The third kappa shape index (κ3) is 3.43. The molecule has 0 aliphatic carbocycles. The van der Waals surface area contributed by atoms with Crippen molar-refractivity contribution in [1.29, 1.82) is 0 Å². The second-order valence-corrected chi connectivity index (χ2v) is 6.23. The molecule has 0 aliphatic heterocycles. The summed E-state index contributed by atoms with van der Waals surface area (Å²) in [6, 6.07) is 3.17. The number of hydrogen-bond acceptors (Lipinski definition) is 3. The van der Waals surface area contributed by atoms with Crippen molar-refractivity contribution in [3.05, 3.63) is 24.5 Å². The average Bonchev–Trinajstić information content (AvgIpc) is 2.40. The van der Waals surface area contributed by atoms with Crippen molar-refractivity contribution < 1.29 is 8.42 Å². The van der Waals surface area contributed by atoms with Crippen molar-refractivity contribution in [1.82, 2.24) is 9.29 Å². The first kappa shape index (κ1) is 15.4. The Hall–Kier alpha value is -0.650. The van der Waals surface area contributed by atoms with Crippen LogP contribution in [0, 0.1) is 0 Å². The summed E-state index contributed by atoms with van der Waals surface area (Å²) in [4.78, 5) is 4.09. The molecule has 1 rings (SSSR count). The lowest BCUT2D eigenvalue weighted by atomic mass is 10.2. The third-order valence-corrected chi connectivity index (χ3v) is 5.00. The maximum absolute atomic E-state index is 12.5. The van der Waals surface area contributed by atoms with Crippen LogP contribution in [0.3, 0.4) is 0 Å². The van der Waals surface area contributed by atoms with E-state index >= 15 is 0 Å². The van der Waals surface area contributed by atoms with Gasteiger partial charge in [-0.2, -0.15) is 4.31 Å². The fraction of sp³-hybridized carbons (Fsp3) is 0.583. The summed E-state index contributed by atoms with van der Waals surface area (Å²) in [5, 5.41) is 0. The van der Waals surface area contributed by atoms with E-state index in [4.69, 9.17) is 11.6 Å². The number of aromatic nitrogens is 1. The van der Waals surface area contributed by atoms with E-state index in [0.717, 1.165) is 12.8 Å². The smallest absolute Gasteiger partial charge is 0.244 e. The van der Waals surface area contributed by atoms with E-state index in [1.54, 1.807) is 18.3 Å². The number of halogens is 1. The Kier molecular flexibility index (Phi) is 6.05. The number of hydrogen-bond donors (Lipinski definition) is 0. The van der Waals surface area contributed by atoms with Gasteiger partial charge in [0.15, 0.2) is 0 Å². The molecule has 0 aliphatic rings. The zero-order chi connectivity index (χ0) is 13.6. The molecule has 1 heterocycles. The summed E-state index contributed by atoms with van der Waals surface area (Å²) in [6.07, 6.45) is 4.47. The minimum absolute atomic E-state index is 0.0195. The summed E-state index contributed by atoms with van der Waals surface area (Å²) in [5.41, 5.74) is 0.